The summed E-state index contributed by atoms with van der Waals surface area (Å²) < 4.78 is 0. The van der Waals surface area contributed by atoms with Crippen LogP contribution in [-0.2, 0) is 0 Å². The molecule has 0 amide bonds. The Morgan fingerprint density at radius 3 is 2.79 bits per heavy atom. The van der Waals surface area contributed by atoms with Gasteiger partial charge in [-0.1, -0.05) is 17.2 Å². The van der Waals surface area contributed by atoms with Crippen LogP contribution in [0.25, 0.3) is 10.4 Å². The van der Waals surface area contributed by atoms with Crippen molar-refractivity contribution in [1.82, 2.24) is 0 Å². The topological polar surface area (TPSA) is 52.0 Å². The third kappa shape index (κ3) is 1.80. The second-order valence-corrected chi connectivity index (χ2v) is 3.40. The highest BCUT2D eigenvalue weighted by Crippen LogP contribution is 2.24. The Labute approximate surface area is 82.8 Å². The van der Waals surface area contributed by atoms with Crippen molar-refractivity contribution in [3.05, 3.63) is 34.7 Å². The van der Waals surface area contributed by atoms with Gasteiger partial charge in [-0.2, -0.15) is 0 Å². The monoisotopic (exact) mass is 188 g/mol. The second kappa shape index (κ2) is 4.03. The molecule has 4 heteroatoms. The molecule has 0 N–H and O–H groups in total. The zero-order valence-corrected chi connectivity index (χ0v) is 7.93. The smallest absolute Gasteiger partial charge is 0.0395 e. The lowest BCUT2D eigenvalue weighted by Crippen LogP contribution is -2.17. The summed E-state index contributed by atoms with van der Waals surface area (Å²) in [5, 5.41) is 3.59. The molecule has 1 heterocycles. The largest absolute Gasteiger partial charge is 0.372 e. The van der Waals surface area contributed by atoms with E-state index in [0.29, 0.717) is 5.69 Å². The molecule has 0 spiro atoms. The van der Waals surface area contributed by atoms with E-state index in [1.165, 1.54) is 12.8 Å². The first-order chi connectivity index (χ1) is 6.90. The molecule has 0 aliphatic carbocycles. The van der Waals surface area contributed by atoms with Gasteiger partial charge in [0.05, 0.1) is 0 Å². The molecule has 1 saturated heterocycles. The Bertz CT molecular complexity index is 362. The number of hydrogen-bond acceptors (Lipinski definition) is 2. The second-order valence-electron chi connectivity index (χ2n) is 3.40. The summed E-state index contributed by atoms with van der Waals surface area (Å²) in [5.41, 5.74) is 10.2. The van der Waals surface area contributed by atoms with E-state index in [4.69, 9.17) is 5.53 Å². The molecule has 1 fully saturated rings. The third-order valence-electron chi connectivity index (χ3n) is 2.46. The van der Waals surface area contributed by atoms with E-state index in [1.807, 2.05) is 18.2 Å². The van der Waals surface area contributed by atoms with Crippen LogP contribution in [-0.4, -0.2) is 13.1 Å². The van der Waals surface area contributed by atoms with E-state index < -0.39 is 0 Å². The van der Waals surface area contributed by atoms with Gasteiger partial charge in [-0.3, -0.25) is 0 Å². The molecule has 72 valence electrons. The van der Waals surface area contributed by atoms with Crippen LogP contribution in [0, 0.1) is 0 Å². The van der Waals surface area contributed by atoms with Crippen LogP contribution in [0.5, 0.6) is 0 Å². The van der Waals surface area contributed by atoms with Crippen molar-refractivity contribution >= 4 is 11.4 Å². The van der Waals surface area contributed by atoms with Gasteiger partial charge in [-0.15, -0.1) is 0 Å². The predicted molar refractivity (Wildman–Crippen MR) is 56.7 cm³/mol. The van der Waals surface area contributed by atoms with Gasteiger partial charge in [-0.05, 0) is 30.5 Å². The quantitative estimate of drug-likeness (QED) is 0.399. The van der Waals surface area contributed by atoms with Crippen LogP contribution in [0.15, 0.2) is 29.4 Å². The molecule has 0 bridgehead atoms. The van der Waals surface area contributed by atoms with E-state index in [9.17, 15) is 0 Å². The number of hydrogen-bond donors (Lipinski definition) is 0. The number of azide groups is 1. The van der Waals surface area contributed by atoms with Crippen LogP contribution < -0.4 is 4.90 Å². The summed E-state index contributed by atoms with van der Waals surface area (Å²) in [4.78, 5) is 5.10. The summed E-state index contributed by atoms with van der Waals surface area (Å²) in [6.45, 7) is 2.22. The minimum absolute atomic E-state index is 0.692. The van der Waals surface area contributed by atoms with E-state index >= 15 is 0 Å². The first-order valence-electron chi connectivity index (χ1n) is 4.80. The average Bonchev–Trinajstić information content (AvgIpc) is 2.71. The highest BCUT2D eigenvalue weighted by atomic mass is 15.2. The van der Waals surface area contributed by atoms with Crippen molar-refractivity contribution in [2.75, 3.05) is 18.0 Å². The molecule has 0 atom stereocenters. The molecule has 2 rings (SSSR count). The Balaban J connectivity index is 2.24. The molecule has 0 saturated carbocycles. The first-order valence-corrected chi connectivity index (χ1v) is 4.80. The number of nitrogens with zero attached hydrogens (tertiary/aromatic N) is 4. The standard InChI is InChI=1S/C10H12N4/c11-13-12-9-4-3-5-10(8-9)14-6-1-2-7-14/h3-5,8H,1-2,6-7H2. The number of rotatable bonds is 2. The zero-order valence-electron chi connectivity index (χ0n) is 7.93. The molecule has 0 unspecified atom stereocenters. The van der Waals surface area contributed by atoms with Gasteiger partial charge in [0, 0.05) is 29.4 Å². The summed E-state index contributed by atoms with van der Waals surface area (Å²) in [5.74, 6) is 0. The molecule has 1 aliphatic heterocycles. The van der Waals surface area contributed by atoms with Gasteiger partial charge >= 0.3 is 0 Å². The van der Waals surface area contributed by atoms with Gasteiger partial charge in [-0.25, -0.2) is 0 Å². The van der Waals surface area contributed by atoms with E-state index in [0.717, 1.165) is 18.8 Å². The maximum absolute atomic E-state index is 8.32. The highest BCUT2D eigenvalue weighted by molar-refractivity contribution is 5.55. The van der Waals surface area contributed by atoms with Gasteiger partial charge in [0.25, 0.3) is 0 Å². The van der Waals surface area contributed by atoms with Crippen LogP contribution in [0.2, 0.25) is 0 Å². The normalized spacial score (nSPS) is 15.3. The lowest BCUT2D eigenvalue weighted by molar-refractivity contribution is 0.949. The summed E-state index contributed by atoms with van der Waals surface area (Å²) in [6, 6.07) is 7.74. The Morgan fingerprint density at radius 2 is 2.07 bits per heavy atom. The van der Waals surface area contributed by atoms with E-state index in [1.54, 1.807) is 0 Å². The van der Waals surface area contributed by atoms with Crippen LogP contribution in [0.3, 0.4) is 0 Å². The molecule has 0 aromatic heterocycles. The summed E-state index contributed by atoms with van der Waals surface area (Å²) >= 11 is 0. The maximum Gasteiger partial charge on any atom is 0.0395 e. The fourth-order valence-electron chi connectivity index (χ4n) is 1.78. The minimum Gasteiger partial charge on any atom is -0.372 e. The molecular formula is C10H12N4. The predicted octanol–water partition coefficient (Wildman–Crippen LogP) is 3.23. The fraction of sp³-hybridized carbons (Fsp3) is 0.400. The van der Waals surface area contributed by atoms with Crippen molar-refractivity contribution in [1.29, 1.82) is 0 Å². The number of benzene rings is 1. The van der Waals surface area contributed by atoms with E-state index in [2.05, 4.69) is 21.0 Å². The maximum atomic E-state index is 8.32. The van der Waals surface area contributed by atoms with Crippen LogP contribution in [0.1, 0.15) is 12.8 Å². The average molecular weight is 188 g/mol. The zero-order chi connectivity index (χ0) is 9.80. The summed E-state index contributed by atoms with van der Waals surface area (Å²) in [6.07, 6.45) is 2.51. The molecular weight excluding hydrogens is 176 g/mol. The van der Waals surface area contributed by atoms with Crippen LogP contribution in [0.4, 0.5) is 11.4 Å². The molecule has 1 aromatic rings. The highest BCUT2D eigenvalue weighted by Gasteiger charge is 2.11. The molecule has 1 aromatic carbocycles. The van der Waals surface area contributed by atoms with Gasteiger partial charge in [0.15, 0.2) is 0 Å². The molecule has 4 nitrogen and oxygen atoms in total. The molecule has 14 heavy (non-hydrogen) atoms. The van der Waals surface area contributed by atoms with Crippen molar-refractivity contribution in [3.63, 3.8) is 0 Å². The van der Waals surface area contributed by atoms with E-state index in [-0.39, 0.29) is 0 Å². The lowest BCUT2D eigenvalue weighted by Gasteiger charge is -2.17. The first kappa shape index (κ1) is 8.91. The van der Waals surface area contributed by atoms with Crippen molar-refractivity contribution in [2.45, 2.75) is 12.8 Å². The van der Waals surface area contributed by atoms with Crippen LogP contribution >= 0.6 is 0 Å². The fourth-order valence-corrected chi connectivity index (χ4v) is 1.78. The SMILES string of the molecule is [N-]=[N+]=Nc1cccc(N2CCCC2)c1. The van der Waals surface area contributed by atoms with Gasteiger partial charge in [0.2, 0.25) is 0 Å². The minimum atomic E-state index is 0.692. The number of anilines is 1. The Hall–Kier alpha value is -1.67. The van der Waals surface area contributed by atoms with Crippen molar-refractivity contribution in [3.8, 4) is 0 Å². The van der Waals surface area contributed by atoms with Gasteiger partial charge in [0.1, 0.15) is 0 Å². The lowest BCUT2D eigenvalue weighted by atomic mass is 10.2. The van der Waals surface area contributed by atoms with Crippen molar-refractivity contribution < 1.29 is 0 Å². The van der Waals surface area contributed by atoms with Gasteiger partial charge < -0.3 is 4.90 Å². The Morgan fingerprint density at radius 1 is 1.29 bits per heavy atom. The Kier molecular flexibility index (Phi) is 2.56. The molecule has 0 radical (unpaired) electrons. The van der Waals surface area contributed by atoms with Crippen molar-refractivity contribution in [2.24, 2.45) is 5.11 Å². The molecule has 1 aliphatic rings. The summed E-state index contributed by atoms with van der Waals surface area (Å²) in [7, 11) is 0. The third-order valence-corrected chi connectivity index (χ3v) is 2.46.